The second-order valence-electron chi connectivity index (χ2n) is 6.31. The third-order valence-electron chi connectivity index (χ3n) is 4.61. The molecule has 3 heterocycles. The van der Waals surface area contributed by atoms with Crippen LogP contribution in [0.1, 0.15) is 35.1 Å². The highest BCUT2D eigenvalue weighted by Gasteiger charge is 2.32. The number of ether oxygens (including phenoxy) is 1. The first-order valence-corrected chi connectivity index (χ1v) is 8.71. The molecule has 3 aromatic rings. The number of aromatic nitrogens is 3. The lowest BCUT2D eigenvalue weighted by Gasteiger charge is -2.24. The lowest BCUT2D eigenvalue weighted by Crippen LogP contribution is -2.32. The van der Waals surface area contributed by atoms with E-state index in [0.29, 0.717) is 11.6 Å². The van der Waals surface area contributed by atoms with Crippen LogP contribution < -0.4 is 4.74 Å². The summed E-state index contributed by atoms with van der Waals surface area (Å²) in [6.45, 7) is 0.722. The molecular formula is C20H20N4O2. The Bertz CT molecular complexity index is 907. The van der Waals surface area contributed by atoms with Gasteiger partial charge in [0, 0.05) is 25.9 Å². The second-order valence-corrected chi connectivity index (χ2v) is 6.31. The highest BCUT2D eigenvalue weighted by molar-refractivity contribution is 5.93. The normalized spacial score (nSPS) is 16.7. The largest absolute Gasteiger partial charge is 0.439 e. The van der Waals surface area contributed by atoms with Gasteiger partial charge in [0.25, 0.3) is 5.91 Å². The first-order valence-electron chi connectivity index (χ1n) is 8.71. The molecule has 0 aliphatic carbocycles. The quantitative estimate of drug-likeness (QED) is 0.723. The zero-order valence-electron chi connectivity index (χ0n) is 14.6. The molecule has 6 nitrogen and oxygen atoms in total. The summed E-state index contributed by atoms with van der Waals surface area (Å²) < 4.78 is 7.45. The monoisotopic (exact) mass is 348 g/mol. The molecule has 0 radical (unpaired) electrons. The van der Waals surface area contributed by atoms with Crippen LogP contribution in [0.25, 0.3) is 0 Å². The van der Waals surface area contributed by atoms with Crippen LogP contribution in [0.4, 0.5) is 0 Å². The molecule has 1 aliphatic rings. The summed E-state index contributed by atoms with van der Waals surface area (Å²) in [5, 5.41) is 4.10. The Labute approximate surface area is 152 Å². The predicted octanol–water partition coefficient (Wildman–Crippen LogP) is 3.58. The number of aryl methyl sites for hydroxylation is 1. The molecule has 1 amide bonds. The Balaban J connectivity index is 1.57. The predicted molar refractivity (Wildman–Crippen MR) is 97.0 cm³/mol. The number of nitrogens with zero attached hydrogens (tertiary/aromatic N) is 4. The minimum Gasteiger partial charge on any atom is -0.439 e. The highest BCUT2D eigenvalue weighted by Crippen LogP contribution is 2.33. The van der Waals surface area contributed by atoms with Crippen molar-refractivity contribution in [3.8, 4) is 11.6 Å². The van der Waals surface area contributed by atoms with E-state index in [1.165, 1.54) is 0 Å². The molecule has 132 valence electrons. The van der Waals surface area contributed by atoms with Crippen molar-refractivity contribution in [1.29, 1.82) is 0 Å². The molecule has 0 bridgehead atoms. The van der Waals surface area contributed by atoms with Crippen molar-refractivity contribution in [2.75, 3.05) is 6.54 Å². The highest BCUT2D eigenvalue weighted by atomic mass is 16.5. The van der Waals surface area contributed by atoms with E-state index < -0.39 is 0 Å². The van der Waals surface area contributed by atoms with Crippen LogP contribution in [0.2, 0.25) is 0 Å². The number of likely N-dealkylation sites (tertiary alicyclic amines) is 1. The van der Waals surface area contributed by atoms with Gasteiger partial charge < -0.3 is 9.64 Å². The molecule has 0 saturated carbocycles. The van der Waals surface area contributed by atoms with Gasteiger partial charge in [-0.15, -0.1) is 0 Å². The molecule has 0 spiro atoms. The molecule has 0 N–H and O–H groups in total. The molecule has 26 heavy (non-hydrogen) atoms. The Morgan fingerprint density at radius 3 is 2.73 bits per heavy atom. The third kappa shape index (κ3) is 3.18. The average molecular weight is 348 g/mol. The van der Waals surface area contributed by atoms with Crippen molar-refractivity contribution in [3.05, 3.63) is 72.2 Å². The summed E-state index contributed by atoms with van der Waals surface area (Å²) in [6.07, 6.45) is 3.50. The maximum absolute atomic E-state index is 12.9. The Morgan fingerprint density at radius 1 is 1.12 bits per heavy atom. The van der Waals surface area contributed by atoms with Crippen LogP contribution in [0.3, 0.4) is 0 Å². The van der Waals surface area contributed by atoms with E-state index in [0.717, 1.165) is 30.8 Å². The van der Waals surface area contributed by atoms with Crippen LogP contribution in [0.5, 0.6) is 11.6 Å². The van der Waals surface area contributed by atoms with Crippen molar-refractivity contribution in [3.63, 3.8) is 0 Å². The van der Waals surface area contributed by atoms with Crippen LogP contribution in [0.15, 0.2) is 60.8 Å². The van der Waals surface area contributed by atoms with Crippen LogP contribution in [-0.4, -0.2) is 32.1 Å². The van der Waals surface area contributed by atoms with Gasteiger partial charge in [-0.05, 0) is 37.1 Å². The number of pyridine rings is 1. The van der Waals surface area contributed by atoms with E-state index in [9.17, 15) is 4.79 Å². The molecule has 6 heteroatoms. The van der Waals surface area contributed by atoms with Gasteiger partial charge in [0.2, 0.25) is 5.88 Å². The topological polar surface area (TPSA) is 60.2 Å². The Kier molecular flexibility index (Phi) is 4.39. The smallest absolute Gasteiger partial charge is 0.272 e. The molecule has 1 aliphatic heterocycles. The summed E-state index contributed by atoms with van der Waals surface area (Å²) in [4.78, 5) is 19.4. The van der Waals surface area contributed by atoms with E-state index in [1.807, 2.05) is 53.4 Å². The lowest BCUT2D eigenvalue weighted by molar-refractivity contribution is 0.0721. The Hall–Kier alpha value is -3.15. The summed E-state index contributed by atoms with van der Waals surface area (Å²) in [5.74, 6) is 1.27. The van der Waals surface area contributed by atoms with Gasteiger partial charge in [0.1, 0.15) is 11.4 Å². The number of carbonyl (C=O) groups is 1. The molecule has 4 rings (SSSR count). The first-order chi connectivity index (χ1) is 12.7. The fourth-order valence-electron chi connectivity index (χ4n) is 3.33. The third-order valence-corrected chi connectivity index (χ3v) is 4.61. The van der Waals surface area contributed by atoms with Gasteiger partial charge >= 0.3 is 0 Å². The first kappa shape index (κ1) is 16.3. The number of amides is 1. The summed E-state index contributed by atoms with van der Waals surface area (Å²) >= 11 is 0. The zero-order valence-corrected chi connectivity index (χ0v) is 14.6. The summed E-state index contributed by atoms with van der Waals surface area (Å²) in [5.41, 5.74) is 1.44. The van der Waals surface area contributed by atoms with E-state index >= 15 is 0 Å². The number of para-hydroxylation sites is 1. The van der Waals surface area contributed by atoms with Gasteiger partial charge in [0.15, 0.2) is 0 Å². The fraction of sp³-hybridized carbons (Fsp3) is 0.250. The maximum Gasteiger partial charge on any atom is 0.272 e. The van der Waals surface area contributed by atoms with Crippen LogP contribution >= 0.6 is 0 Å². The SMILES string of the molecule is Cn1nccc1C(=O)N1CCCC1c1cccc(Oc2ccccc2)n1. The van der Waals surface area contributed by atoms with Crippen molar-refractivity contribution < 1.29 is 9.53 Å². The molecule has 1 atom stereocenters. The van der Waals surface area contributed by atoms with Crippen molar-refractivity contribution in [2.45, 2.75) is 18.9 Å². The van der Waals surface area contributed by atoms with E-state index in [-0.39, 0.29) is 11.9 Å². The zero-order chi connectivity index (χ0) is 17.9. The minimum atomic E-state index is -0.0447. The molecule has 1 aromatic carbocycles. The number of benzene rings is 1. The maximum atomic E-state index is 12.9. The molecule has 1 fully saturated rings. The van der Waals surface area contributed by atoms with Crippen molar-refractivity contribution in [2.24, 2.45) is 7.05 Å². The lowest BCUT2D eigenvalue weighted by atomic mass is 10.1. The number of carbonyl (C=O) groups excluding carboxylic acids is 1. The van der Waals surface area contributed by atoms with E-state index in [4.69, 9.17) is 4.74 Å². The number of rotatable bonds is 4. The molecule has 2 aromatic heterocycles. The van der Waals surface area contributed by atoms with Crippen molar-refractivity contribution >= 4 is 5.91 Å². The van der Waals surface area contributed by atoms with Gasteiger partial charge in [-0.1, -0.05) is 24.3 Å². The number of hydrogen-bond donors (Lipinski definition) is 0. The van der Waals surface area contributed by atoms with Gasteiger partial charge in [0.05, 0.1) is 11.7 Å². The molecular weight excluding hydrogens is 328 g/mol. The summed E-state index contributed by atoms with van der Waals surface area (Å²) in [6, 6.07) is 17.0. The molecule has 1 saturated heterocycles. The molecule has 1 unspecified atom stereocenters. The van der Waals surface area contributed by atoms with Gasteiger partial charge in [-0.3, -0.25) is 9.48 Å². The fourth-order valence-corrected chi connectivity index (χ4v) is 3.33. The Morgan fingerprint density at radius 2 is 1.96 bits per heavy atom. The van der Waals surface area contributed by atoms with Crippen molar-refractivity contribution in [1.82, 2.24) is 19.7 Å². The minimum absolute atomic E-state index is 0.0105. The van der Waals surface area contributed by atoms with Crippen LogP contribution in [0, 0.1) is 0 Å². The van der Waals surface area contributed by atoms with E-state index in [2.05, 4.69) is 10.1 Å². The average Bonchev–Trinajstić information content (AvgIpc) is 3.31. The van der Waals surface area contributed by atoms with Gasteiger partial charge in [-0.2, -0.15) is 5.10 Å². The van der Waals surface area contributed by atoms with Crippen LogP contribution in [-0.2, 0) is 7.05 Å². The van der Waals surface area contributed by atoms with E-state index in [1.54, 1.807) is 24.0 Å². The number of hydrogen-bond acceptors (Lipinski definition) is 4. The second kappa shape index (κ2) is 7.00. The standard InChI is InChI=1S/C20H20N4O2/c1-23-18(12-13-21-23)20(25)24-14-6-10-17(24)16-9-5-11-19(22-16)26-15-7-3-2-4-8-15/h2-5,7-9,11-13,17H,6,10,14H2,1H3. The summed E-state index contributed by atoms with van der Waals surface area (Å²) in [7, 11) is 1.78. The van der Waals surface area contributed by atoms with Gasteiger partial charge in [-0.25, -0.2) is 4.98 Å².